The molecule has 0 spiro atoms. The maximum atomic E-state index is 11.8. The molecule has 0 saturated heterocycles. The van der Waals surface area contributed by atoms with Crippen LogP contribution in [0.5, 0.6) is 0 Å². The van der Waals surface area contributed by atoms with Crippen LogP contribution < -0.4 is 0 Å². The zero-order valence-electron chi connectivity index (χ0n) is 10.6. The summed E-state index contributed by atoms with van der Waals surface area (Å²) in [7, 11) is -3.87. The van der Waals surface area contributed by atoms with Crippen LogP contribution in [-0.4, -0.2) is 37.7 Å². The Kier molecular flexibility index (Phi) is 7.51. The number of ether oxygens (including phenoxy) is 1. The van der Waals surface area contributed by atoms with Gasteiger partial charge in [-0.1, -0.05) is 24.9 Å². The summed E-state index contributed by atoms with van der Waals surface area (Å²) in [6, 6.07) is 0. The molecule has 0 aliphatic heterocycles. The summed E-state index contributed by atoms with van der Waals surface area (Å²) in [4.78, 5) is 11.8. The molecule has 0 aliphatic carbocycles. The number of alkyl halides is 2. The first-order valence-electron chi connectivity index (χ1n) is 5.51. The van der Waals surface area contributed by atoms with Gasteiger partial charge in [0.15, 0.2) is 0 Å². The smallest absolute Gasteiger partial charge is 0.355 e. The molecule has 2 atom stereocenters. The summed E-state index contributed by atoms with van der Waals surface area (Å²) in [5.41, 5.74) is 0. The lowest BCUT2D eigenvalue weighted by atomic mass is 10.1. The lowest BCUT2D eigenvalue weighted by Crippen LogP contribution is -2.40. The van der Waals surface area contributed by atoms with Gasteiger partial charge >= 0.3 is 5.97 Å². The largest absolute Gasteiger partial charge is 0.458 e. The SMILES string of the molecule is CCCCC(Cl)(OS(C)(=O)=O)C(=O)OC(C)CCl. The van der Waals surface area contributed by atoms with Crippen LogP contribution in [0.4, 0.5) is 0 Å². The van der Waals surface area contributed by atoms with Crippen LogP contribution in [0.1, 0.15) is 33.1 Å². The van der Waals surface area contributed by atoms with E-state index in [9.17, 15) is 13.2 Å². The van der Waals surface area contributed by atoms with Gasteiger partial charge in [0, 0.05) is 6.42 Å². The van der Waals surface area contributed by atoms with Crippen molar-refractivity contribution in [1.29, 1.82) is 0 Å². The number of carbonyl (C=O) groups excluding carboxylic acids is 1. The van der Waals surface area contributed by atoms with E-state index < -0.39 is 27.3 Å². The molecule has 0 fully saturated rings. The highest BCUT2D eigenvalue weighted by atomic mass is 35.5. The Balaban J connectivity index is 4.90. The van der Waals surface area contributed by atoms with Crippen molar-refractivity contribution >= 4 is 39.3 Å². The predicted molar refractivity (Wildman–Crippen MR) is 70.3 cm³/mol. The van der Waals surface area contributed by atoms with Crippen LogP contribution in [0, 0.1) is 0 Å². The van der Waals surface area contributed by atoms with Gasteiger partial charge in [0.25, 0.3) is 15.2 Å². The molecule has 0 N–H and O–H groups in total. The topological polar surface area (TPSA) is 69.7 Å². The van der Waals surface area contributed by atoms with E-state index in [1.165, 1.54) is 0 Å². The van der Waals surface area contributed by atoms with Gasteiger partial charge in [-0.05, 0) is 13.3 Å². The molecule has 0 saturated carbocycles. The zero-order valence-corrected chi connectivity index (χ0v) is 12.9. The molecule has 0 aromatic carbocycles. The molecule has 0 bridgehead atoms. The fourth-order valence-corrected chi connectivity index (χ4v) is 2.34. The van der Waals surface area contributed by atoms with Gasteiger partial charge in [-0.3, -0.25) is 0 Å². The monoisotopic (exact) mass is 320 g/mol. The van der Waals surface area contributed by atoms with Gasteiger partial charge in [0.1, 0.15) is 6.10 Å². The number of esters is 1. The highest BCUT2D eigenvalue weighted by Gasteiger charge is 2.42. The lowest BCUT2D eigenvalue weighted by molar-refractivity contribution is -0.159. The molecule has 0 radical (unpaired) electrons. The van der Waals surface area contributed by atoms with E-state index in [0.29, 0.717) is 6.42 Å². The Labute approximate surface area is 118 Å². The molecule has 0 aromatic heterocycles. The minimum absolute atomic E-state index is 0.0476. The van der Waals surface area contributed by atoms with E-state index in [1.807, 2.05) is 6.92 Å². The van der Waals surface area contributed by atoms with Crippen LogP contribution in [0.2, 0.25) is 0 Å². The second-order valence-corrected chi connectivity index (χ2v) is 6.48. The number of rotatable bonds is 8. The molecular formula is C10H18Cl2O5S. The van der Waals surface area contributed by atoms with Crippen LogP contribution in [0.3, 0.4) is 0 Å². The molecule has 18 heavy (non-hydrogen) atoms. The third-order valence-corrected chi connectivity index (χ3v) is 3.50. The highest BCUT2D eigenvalue weighted by Crippen LogP contribution is 2.28. The highest BCUT2D eigenvalue weighted by molar-refractivity contribution is 7.86. The number of carbonyl (C=O) groups is 1. The van der Waals surface area contributed by atoms with Gasteiger partial charge < -0.3 is 4.74 Å². The first-order valence-corrected chi connectivity index (χ1v) is 8.24. The Morgan fingerprint density at radius 2 is 2.00 bits per heavy atom. The average Bonchev–Trinajstić information content (AvgIpc) is 2.23. The fourth-order valence-electron chi connectivity index (χ4n) is 1.12. The number of unbranched alkanes of at least 4 members (excludes halogenated alkanes) is 1. The third kappa shape index (κ3) is 6.78. The molecule has 0 heterocycles. The van der Waals surface area contributed by atoms with Crippen molar-refractivity contribution in [3.8, 4) is 0 Å². The molecule has 0 rings (SSSR count). The standard InChI is InChI=1S/C10H18Cl2O5S/c1-4-5-6-10(12,17-18(3,14)15)9(13)16-8(2)7-11/h8H,4-7H2,1-3H3. The predicted octanol–water partition coefficient (Wildman–Crippen LogP) is 2.26. The van der Waals surface area contributed by atoms with Gasteiger partial charge in [-0.15, -0.1) is 11.6 Å². The first kappa shape index (κ1) is 18.0. The second-order valence-electron chi connectivity index (χ2n) is 3.99. The molecule has 0 amide bonds. The summed E-state index contributed by atoms with van der Waals surface area (Å²) in [6.07, 6.45) is 1.57. The number of halogens is 2. The maximum absolute atomic E-state index is 11.8. The van der Waals surface area contributed by atoms with Crippen LogP contribution in [0.15, 0.2) is 0 Å². The Morgan fingerprint density at radius 3 is 2.39 bits per heavy atom. The normalized spacial score (nSPS) is 16.9. The minimum Gasteiger partial charge on any atom is -0.458 e. The average molecular weight is 321 g/mol. The van der Waals surface area contributed by atoms with Gasteiger partial charge in [-0.25, -0.2) is 8.98 Å². The van der Waals surface area contributed by atoms with E-state index in [1.54, 1.807) is 6.92 Å². The second kappa shape index (κ2) is 7.53. The van der Waals surface area contributed by atoms with Crippen LogP contribution in [-0.2, 0) is 23.8 Å². The lowest BCUT2D eigenvalue weighted by Gasteiger charge is -2.25. The number of hydrogen-bond acceptors (Lipinski definition) is 5. The fraction of sp³-hybridized carbons (Fsp3) is 0.900. The van der Waals surface area contributed by atoms with Crippen molar-refractivity contribution in [3.05, 3.63) is 0 Å². The van der Waals surface area contributed by atoms with Crippen LogP contribution in [0.25, 0.3) is 0 Å². The summed E-state index contributed by atoms with van der Waals surface area (Å²) in [5.74, 6) is -0.845. The maximum Gasteiger partial charge on any atom is 0.355 e. The van der Waals surface area contributed by atoms with Gasteiger partial charge in [-0.2, -0.15) is 8.42 Å². The Hall–Kier alpha value is -0.0400. The third-order valence-electron chi connectivity index (χ3n) is 1.97. The van der Waals surface area contributed by atoms with Crippen molar-refractivity contribution in [1.82, 2.24) is 0 Å². The molecule has 8 heteroatoms. The van der Waals surface area contributed by atoms with E-state index in [0.717, 1.165) is 12.7 Å². The van der Waals surface area contributed by atoms with E-state index >= 15 is 0 Å². The summed E-state index contributed by atoms with van der Waals surface area (Å²) < 4.78 is 31.8. The van der Waals surface area contributed by atoms with Crippen LogP contribution >= 0.6 is 23.2 Å². The van der Waals surface area contributed by atoms with Gasteiger partial charge in [0.05, 0.1) is 12.1 Å². The van der Waals surface area contributed by atoms with Crippen molar-refractivity contribution < 1.29 is 22.1 Å². The van der Waals surface area contributed by atoms with Gasteiger partial charge in [0.2, 0.25) is 0 Å². The van der Waals surface area contributed by atoms with Crippen molar-refractivity contribution in [2.45, 2.75) is 44.3 Å². The van der Waals surface area contributed by atoms with Crippen molar-refractivity contribution in [2.24, 2.45) is 0 Å². The Morgan fingerprint density at radius 1 is 1.44 bits per heavy atom. The summed E-state index contributed by atoms with van der Waals surface area (Å²) in [6.45, 7) is 3.45. The number of hydrogen-bond donors (Lipinski definition) is 0. The molecular weight excluding hydrogens is 303 g/mol. The van der Waals surface area contributed by atoms with Crippen molar-refractivity contribution in [2.75, 3.05) is 12.1 Å². The Bertz CT molecular complexity index is 370. The molecule has 108 valence electrons. The van der Waals surface area contributed by atoms with Crippen molar-refractivity contribution in [3.63, 3.8) is 0 Å². The summed E-state index contributed by atoms with van der Waals surface area (Å²) in [5, 5.41) is -2.01. The first-order chi connectivity index (χ1) is 8.14. The minimum atomic E-state index is -3.87. The molecule has 0 aromatic rings. The quantitative estimate of drug-likeness (QED) is 0.390. The van der Waals surface area contributed by atoms with E-state index in [-0.39, 0.29) is 12.3 Å². The summed E-state index contributed by atoms with van der Waals surface area (Å²) >= 11 is 11.4. The van der Waals surface area contributed by atoms with E-state index in [4.69, 9.17) is 27.9 Å². The van der Waals surface area contributed by atoms with E-state index in [2.05, 4.69) is 4.18 Å². The molecule has 0 aliphatic rings. The zero-order chi connectivity index (χ0) is 14.4. The molecule has 5 nitrogen and oxygen atoms in total. The molecule has 2 unspecified atom stereocenters.